The summed E-state index contributed by atoms with van der Waals surface area (Å²) in [5.74, 6) is 0.961. The van der Waals surface area contributed by atoms with E-state index in [0.717, 1.165) is 18.6 Å². The second-order valence-corrected chi connectivity index (χ2v) is 5.90. The molecule has 0 spiro atoms. The van der Waals surface area contributed by atoms with E-state index >= 15 is 0 Å². The molecule has 3 nitrogen and oxygen atoms in total. The van der Waals surface area contributed by atoms with Crippen LogP contribution in [-0.4, -0.2) is 21.3 Å². The molecule has 12 heavy (non-hydrogen) atoms. The molecule has 3 rings (SSSR count). The first-order valence-corrected chi connectivity index (χ1v) is 6.15. The van der Waals surface area contributed by atoms with Crippen molar-refractivity contribution in [3.63, 3.8) is 0 Å². The van der Waals surface area contributed by atoms with E-state index in [-0.39, 0.29) is 0 Å². The average molecular weight is 190 g/mol. The summed E-state index contributed by atoms with van der Waals surface area (Å²) in [5.41, 5.74) is 0.495. The van der Waals surface area contributed by atoms with Gasteiger partial charge < -0.3 is 0 Å². The van der Waals surface area contributed by atoms with E-state index in [1.54, 1.807) is 0 Å². The van der Waals surface area contributed by atoms with Crippen LogP contribution >= 0.6 is 0 Å². The fourth-order valence-corrected chi connectivity index (χ4v) is 2.76. The molecule has 3 saturated carbocycles. The molecule has 0 atom stereocenters. The molecular formula is C8H14O3S. The van der Waals surface area contributed by atoms with E-state index in [2.05, 4.69) is 0 Å². The van der Waals surface area contributed by atoms with E-state index in [1.807, 2.05) is 0 Å². The third kappa shape index (κ3) is 1.50. The van der Waals surface area contributed by atoms with Gasteiger partial charge in [0.05, 0.1) is 12.9 Å². The summed E-state index contributed by atoms with van der Waals surface area (Å²) >= 11 is 0. The summed E-state index contributed by atoms with van der Waals surface area (Å²) in [5, 5.41) is 0. The van der Waals surface area contributed by atoms with Crippen molar-refractivity contribution < 1.29 is 12.6 Å². The minimum absolute atomic E-state index is 0.381. The largest absolute Gasteiger partial charge is 0.270 e. The Hall–Kier alpha value is -0.0900. The summed E-state index contributed by atoms with van der Waals surface area (Å²) in [6.07, 6.45) is 5.95. The van der Waals surface area contributed by atoms with Crippen LogP contribution in [0.2, 0.25) is 0 Å². The molecule has 0 aromatic heterocycles. The van der Waals surface area contributed by atoms with Crippen LogP contribution in [0.1, 0.15) is 25.7 Å². The summed E-state index contributed by atoms with van der Waals surface area (Å²) in [4.78, 5) is 0. The molecule has 0 radical (unpaired) electrons. The maximum absolute atomic E-state index is 10.6. The summed E-state index contributed by atoms with van der Waals surface area (Å²) < 4.78 is 25.9. The first-order chi connectivity index (χ1) is 5.49. The van der Waals surface area contributed by atoms with Crippen molar-refractivity contribution in [2.75, 3.05) is 12.9 Å². The molecule has 0 amide bonds. The fourth-order valence-electron chi connectivity index (χ4n) is 2.37. The van der Waals surface area contributed by atoms with Gasteiger partial charge in [0, 0.05) is 0 Å². The lowest BCUT2D eigenvalue weighted by molar-refractivity contribution is -0.117. The highest BCUT2D eigenvalue weighted by Gasteiger charge is 2.55. The van der Waals surface area contributed by atoms with Crippen molar-refractivity contribution in [3.05, 3.63) is 0 Å². The maximum atomic E-state index is 10.6. The van der Waals surface area contributed by atoms with Gasteiger partial charge in [0.25, 0.3) is 10.1 Å². The maximum Gasteiger partial charge on any atom is 0.264 e. The molecule has 0 aromatic rings. The van der Waals surface area contributed by atoms with E-state index in [9.17, 15) is 8.42 Å². The van der Waals surface area contributed by atoms with Crippen LogP contribution in [-0.2, 0) is 14.3 Å². The minimum atomic E-state index is -3.21. The molecule has 3 aliphatic rings. The van der Waals surface area contributed by atoms with Crippen molar-refractivity contribution in [1.29, 1.82) is 0 Å². The van der Waals surface area contributed by atoms with Crippen LogP contribution < -0.4 is 0 Å². The SMILES string of the molecule is CS(=O)(=O)OCCC12CC(C1)C2. The Labute approximate surface area is 73.2 Å². The van der Waals surface area contributed by atoms with Gasteiger partial charge in [-0.1, -0.05) is 0 Å². The zero-order valence-electron chi connectivity index (χ0n) is 7.25. The normalized spacial score (nSPS) is 38.6. The molecule has 4 heteroatoms. The smallest absolute Gasteiger partial charge is 0.264 e. The number of rotatable bonds is 4. The Morgan fingerprint density at radius 2 is 2.00 bits per heavy atom. The van der Waals surface area contributed by atoms with Gasteiger partial charge in [-0.15, -0.1) is 0 Å². The predicted molar refractivity (Wildman–Crippen MR) is 45.2 cm³/mol. The van der Waals surface area contributed by atoms with Crippen LogP contribution in [0.15, 0.2) is 0 Å². The predicted octanol–water partition coefficient (Wildman–Crippen LogP) is 1.15. The molecule has 3 fully saturated rings. The van der Waals surface area contributed by atoms with Crippen molar-refractivity contribution >= 4 is 10.1 Å². The standard InChI is InChI=1S/C8H14O3S/c1-12(9,10)11-3-2-8-4-7(5-8)6-8/h7H,2-6H2,1H3. The van der Waals surface area contributed by atoms with Gasteiger partial charge in [0.1, 0.15) is 0 Å². The van der Waals surface area contributed by atoms with Gasteiger partial charge in [-0.3, -0.25) is 4.18 Å². The summed E-state index contributed by atoms with van der Waals surface area (Å²) in [7, 11) is -3.21. The molecule has 0 unspecified atom stereocenters. The second-order valence-electron chi connectivity index (χ2n) is 4.25. The molecular weight excluding hydrogens is 176 g/mol. The first kappa shape index (κ1) is 8.51. The Morgan fingerprint density at radius 1 is 1.42 bits per heavy atom. The molecule has 0 heterocycles. The lowest BCUT2D eigenvalue weighted by Gasteiger charge is -2.62. The molecule has 0 aromatic carbocycles. The Bertz CT molecular complexity index is 264. The Balaban J connectivity index is 1.69. The highest BCUT2D eigenvalue weighted by Crippen LogP contribution is 2.66. The zero-order valence-corrected chi connectivity index (χ0v) is 8.06. The molecule has 3 aliphatic carbocycles. The van der Waals surface area contributed by atoms with Gasteiger partial charge in [0.2, 0.25) is 0 Å². The minimum Gasteiger partial charge on any atom is -0.270 e. The van der Waals surface area contributed by atoms with E-state index in [4.69, 9.17) is 4.18 Å². The quantitative estimate of drug-likeness (QED) is 0.625. The zero-order chi connectivity index (χ0) is 8.82. The number of hydrogen-bond donors (Lipinski definition) is 0. The van der Waals surface area contributed by atoms with Crippen molar-refractivity contribution in [3.8, 4) is 0 Å². The van der Waals surface area contributed by atoms with E-state index in [0.29, 0.717) is 12.0 Å². The summed E-state index contributed by atoms with van der Waals surface area (Å²) in [6.45, 7) is 0.381. The topological polar surface area (TPSA) is 43.4 Å². The molecule has 0 N–H and O–H groups in total. The van der Waals surface area contributed by atoms with Crippen molar-refractivity contribution in [1.82, 2.24) is 0 Å². The van der Waals surface area contributed by atoms with Crippen LogP contribution in [0.5, 0.6) is 0 Å². The van der Waals surface area contributed by atoms with Gasteiger partial charge in [0.15, 0.2) is 0 Å². The Kier molecular flexibility index (Phi) is 1.74. The molecule has 2 bridgehead atoms. The Morgan fingerprint density at radius 3 is 2.33 bits per heavy atom. The highest BCUT2D eigenvalue weighted by molar-refractivity contribution is 7.85. The van der Waals surface area contributed by atoms with Gasteiger partial charge in [-0.05, 0) is 37.0 Å². The van der Waals surface area contributed by atoms with E-state index in [1.165, 1.54) is 19.3 Å². The van der Waals surface area contributed by atoms with Crippen LogP contribution in [0.25, 0.3) is 0 Å². The molecule has 70 valence electrons. The highest BCUT2D eigenvalue weighted by atomic mass is 32.2. The van der Waals surface area contributed by atoms with Crippen LogP contribution in [0.3, 0.4) is 0 Å². The van der Waals surface area contributed by atoms with Gasteiger partial charge >= 0.3 is 0 Å². The van der Waals surface area contributed by atoms with Crippen LogP contribution in [0.4, 0.5) is 0 Å². The van der Waals surface area contributed by atoms with Crippen molar-refractivity contribution in [2.45, 2.75) is 25.7 Å². The third-order valence-corrected chi connectivity index (χ3v) is 3.69. The summed E-state index contributed by atoms with van der Waals surface area (Å²) in [6, 6.07) is 0. The molecule has 0 saturated heterocycles. The fraction of sp³-hybridized carbons (Fsp3) is 1.00. The van der Waals surface area contributed by atoms with Gasteiger partial charge in [-0.25, -0.2) is 0 Å². The van der Waals surface area contributed by atoms with E-state index < -0.39 is 10.1 Å². The lowest BCUT2D eigenvalue weighted by Crippen LogP contribution is -2.52. The second kappa shape index (κ2) is 2.45. The average Bonchev–Trinajstić information content (AvgIpc) is 1.69. The monoisotopic (exact) mass is 190 g/mol. The molecule has 0 aliphatic heterocycles. The van der Waals surface area contributed by atoms with Crippen LogP contribution in [0, 0.1) is 11.3 Å². The van der Waals surface area contributed by atoms with Gasteiger partial charge in [-0.2, -0.15) is 8.42 Å². The number of hydrogen-bond acceptors (Lipinski definition) is 3. The third-order valence-electron chi connectivity index (χ3n) is 3.09. The first-order valence-electron chi connectivity index (χ1n) is 4.34. The van der Waals surface area contributed by atoms with Crippen molar-refractivity contribution in [2.24, 2.45) is 11.3 Å². The lowest BCUT2D eigenvalue weighted by atomic mass is 9.43.